The predicted molar refractivity (Wildman–Crippen MR) is 162 cm³/mol. The highest BCUT2D eigenvalue weighted by Gasteiger charge is 2.27. The fourth-order valence-corrected chi connectivity index (χ4v) is 4.78. The first-order chi connectivity index (χ1) is 18.4. The lowest BCUT2D eigenvalue weighted by Gasteiger charge is -2.35. The van der Waals surface area contributed by atoms with Crippen molar-refractivity contribution < 1.29 is 4.74 Å². The van der Waals surface area contributed by atoms with E-state index < -0.39 is 0 Å². The van der Waals surface area contributed by atoms with Crippen LogP contribution in [0.3, 0.4) is 0 Å². The van der Waals surface area contributed by atoms with Crippen LogP contribution in [0.5, 0.6) is 6.01 Å². The first-order valence-corrected chi connectivity index (χ1v) is 15.1. The van der Waals surface area contributed by atoms with Crippen LogP contribution in [0.1, 0.15) is 42.1 Å². The third-order valence-electron chi connectivity index (χ3n) is 6.87. The Kier molecular flexibility index (Phi) is 14.3. The molecule has 5 rings (SSSR count). The van der Waals surface area contributed by atoms with Gasteiger partial charge < -0.3 is 24.8 Å². The van der Waals surface area contributed by atoms with Gasteiger partial charge in [0.2, 0.25) is 0 Å². The Labute approximate surface area is 234 Å². The number of ether oxygens (including phenoxy) is 1. The number of nitrogens with one attached hydrogen (secondary N) is 1. The van der Waals surface area contributed by atoms with Crippen molar-refractivity contribution in [3.05, 3.63) is 40.6 Å². The number of rotatable bonds is 3. The highest BCUT2D eigenvalue weighted by atomic mass is 32.2. The second-order valence-corrected chi connectivity index (χ2v) is 10.5. The minimum absolute atomic E-state index is 0.472. The number of aryl methyl sites for hydroxylation is 1. The monoisotopic (exact) mass is 541 g/mol. The van der Waals surface area contributed by atoms with E-state index in [1.807, 2.05) is 12.5 Å². The Morgan fingerprint density at radius 1 is 1.00 bits per heavy atom. The Morgan fingerprint density at radius 2 is 1.63 bits per heavy atom. The van der Waals surface area contributed by atoms with Crippen molar-refractivity contribution in [1.82, 2.24) is 20.2 Å². The zero-order valence-electron chi connectivity index (χ0n) is 24.5. The number of nitriles is 1. The van der Waals surface area contributed by atoms with Crippen molar-refractivity contribution >= 4 is 23.3 Å². The highest BCUT2D eigenvalue weighted by molar-refractivity contribution is 7.97. The maximum Gasteiger partial charge on any atom is 0.318 e. The van der Waals surface area contributed by atoms with Gasteiger partial charge in [0.05, 0.1) is 25.4 Å². The largest absolute Gasteiger partial charge is 0.467 e. The van der Waals surface area contributed by atoms with Gasteiger partial charge in [-0.2, -0.15) is 27.0 Å². The summed E-state index contributed by atoms with van der Waals surface area (Å²) in [6, 6.07) is 8.74. The van der Waals surface area contributed by atoms with Gasteiger partial charge in [-0.3, -0.25) is 0 Å². The number of methoxy groups -OCH3 is 1. The summed E-state index contributed by atoms with van der Waals surface area (Å²) in [7, 11) is 3.82. The van der Waals surface area contributed by atoms with E-state index in [9.17, 15) is 0 Å². The summed E-state index contributed by atoms with van der Waals surface area (Å²) in [5, 5.41) is 10.7. The van der Waals surface area contributed by atoms with Crippen LogP contribution in [0.2, 0.25) is 0 Å². The van der Waals surface area contributed by atoms with E-state index in [1.165, 1.54) is 55.2 Å². The standard InChI is InChI=1S/C20H27N5O.C5H11N.C2H3N.C2H6S/c1-14-5-4-6-18(15(14)2)25-10-7-16-17(13-25)22-20(26-3)23-19(16)24-11-8-21-9-12-24;1-6-4-2-3-5-6;1-2-3;1-3-2/h4-6,21H,7-13H2,1-3H3;2-5H2,1H3;1H3;1-2H3. The Hall–Kier alpha value is -2.54. The summed E-state index contributed by atoms with van der Waals surface area (Å²) in [5.74, 6) is 1.06. The maximum absolute atomic E-state index is 7.32. The minimum atomic E-state index is 0.472. The van der Waals surface area contributed by atoms with Gasteiger partial charge >= 0.3 is 6.01 Å². The van der Waals surface area contributed by atoms with Crippen LogP contribution in [-0.2, 0) is 13.0 Å². The number of likely N-dealkylation sites (tertiary alicyclic amines) is 1. The lowest BCUT2D eigenvalue weighted by molar-refractivity contribution is 0.376. The molecule has 2 aromatic rings. The van der Waals surface area contributed by atoms with E-state index in [2.05, 4.69) is 59.1 Å². The van der Waals surface area contributed by atoms with E-state index in [0.717, 1.165) is 57.2 Å². The molecule has 4 heterocycles. The first-order valence-electron chi connectivity index (χ1n) is 13.5. The molecule has 0 aliphatic carbocycles. The summed E-state index contributed by atoms with van der Waals surface area (Å²) < 4.78 is 5.41. The second-order valence-electron chi connectivity index (χ2n) is 9.73. The number of anilines is 2. The number of hydrogen-bond donors (Lipinski definition) is 1. The van der Waals surface area contributed by atoms with E-state index >= 15 is 0 Å². The Bertz CT molecular complexity index is 1010. The number of nitrogens with zero attached hydrogens (tertiary/aromatic N) is 6. The van der Waals surface area contributed by atoms with Gasteiger partial charge in [0, 0.05) is 50.9 Å². The lowest BCUT2D eigenvalue weighted by Crippen LogP contribution is -2.45. The molecule has 0 bridgehead atoms. The third kappa shape index (κ3) is 9.33. The minimum Gasteiger partial charge on any atom is -0.467 e. The summed E-state index contributed by atoms with van der Waals surface area (Å²) in [6.45, 7) is 14.2. The van der Waals surface area contributed by atoms with Crippen LogP contribution in [0.4, 0.5) is 11.5 Å². The fourth-order valence-electron chi connectivity index (χ4n) is 4.78. The van der Waals surface area contributed by atoms with Gasteiger partial charge in [-0.15, -0.1) is 0 Å². The smallest absolute Gasteiger partial charge is 0.318 e. The van der Waals surface area contributed by atoms with Crippen molar-refractivity contribution in [2.75, 3.05) is 82.3 Å². The number of fused-ring (bicyclic) bond motifs is 1. The number of thioether (sulfide) groups is 1. The second kappa shape index (κ2) is 17.1. The van der Waals surface area contributed by atoms with Crippen LogP contribution in [0.15, 0.2) is 18.2 Å². The fraction of sp³-hybridized carbons (Fsp3) is 0.621. The van der Waals surface area contributed by atoms with Crippen LogP contribution in [0.25, 0.3) is 0 Å². The summed E-state index contributed by atoms with van der Waals surface area (Å²) >= 11 is 1.75. The zero-order valence-corrected chi connectivity index (χ0v) is 25.3. The van der Waals surface area contributed by atoms with Crippen molar-refractivity contribution in [2.24, 2.45) is 0 Å². The highest BCUT2D eigenvalue weighted by Crippen LogP contribution is 2.32. The lowest BCUT2D eigenvalue weighted by atomic mass is 10.0. The van der Waals surface area contributed by atoms with Gasteiger partial charge in [0.15, 0.2) is 0 Å². The van der Waals surface area contributed by atoms with Gasteiger partial charge in [-0.1, -0.05) is 12.1 Å². The molecule has 1 aromatic heterocycles. The number of piperazine rings is 1. The summed E-state index contributed by atoms with van der Waals surface area (Å²) in [4.78, 5) is 16.6. The molecular formula is C29H47N7OS. The molecule has 0 amide bonds. The molecule has 0 spiro atoms. The van der Waals surface area contributed by atoms with E-state index in [1.54, 1.807) is 24.9 Å². The van der Waals surface area contributed by atoms with Crippen molar-refractivity contribution in [2.45, 2.75) is 46.6 Å². The number of hydrogen-bond acceptors (Lipinski definition) is 9. The summed E-state index contributed by atoms with van der Waals surface area (Å²) in [6.07, 6.45) is 7.87. The molecule has 3 aliphatic rings. The molecule has 2 saturated heterocycles. The molecule has 0 unspecified atom stereocenters. The zero-order chi connectivity index (χ0) is 27.9. The maximum atomic E-state index is 7.32. The van der Waals surface area contributed by atoms with Gasteiger partial charge in [0.25, 0.3) is 0 Å². The van der Waals surface area contributed by atoms with Crippen LogP contribution < -0.4 is 19.9 Å². The van der Waals surface area contributed by atoms with Crippen LogP contribution in [-0.4, -0.2) is 87.4 Å². The average Bonchev–Trinajstić information content (AvgIpc) is 3.42. The Morgan fingerprint density at radius 3 is 2.18 bits per heavy atom. The van der Waals surface area contributed by atoms with E-state index in [-0.39, 0.29) is 0 Å². The van der Waals surface area contributed by atoms with Crippen molar-refractivity contribution in [3.63, 3.8) is 0 Å². The average molecular weight is 542 g/mol. The number of benzene rings is 1. The van der Waals surface area contributed by atoms with E-state index in [0.29, 0.717) is 6.01 Å². The Balaban J connectivity index is 0.000000353. The molecule has 1 N–H and O–H groups in total. The molecule has 1 aromatic carbocycles. The van der Waals surface area contributed by atoms with Crippen LogP contribution >= 0.6 is 11.8 Å². The molecule has 8 nitrogen and oxygen atoms in total. The summed E-state index contributed by atoms with van der Waals surface area (Å²) in [5.41, 5.74) is 6.36. The molecule has 0 radical (unpaired) electrons. The molecule has 210 valence electrons. The van der Waals surface area contributed by atoms with Gasteiger partial charge in [-0.05, 0) is 83.0 Å². The molecule has 38 heavy (non-hydrogen) atoms. The SMILES string of the molecule is CC#N.CN1CCCC1.COc1nc2c(c(N3CCNCC3)n1)CCN(c1cccc(C)c1C)C2.CSC. The number of aromatic nitrogens is 2. The topological polar surface area (TPSA) is 80.5 Å². The molecule has 2 fully saturated rings. The molecular weight excluding hydrogens is 494 g/mol. The molecule has 0 saturated carbocycles. The van der Waals surface area contributed by atoms with Crippen molar-refractivity contribution in [3.8, 4) is 12.1 Å². The van der Waals surface area contributed by atoms with Gasteiger partial charge in [0.1, 0.15) is 5.82 Å². The third-order valence-corrected chi connectivity index (χ3v) is 6.87. The van der Waals surface area contributed by atoms with Crippen LogP contribution in [0, 0.1) is 25.2 Å². The molecule has 0 atom stereocenters. The predicted octanol–water partition coefficient (Wildman–Crippen LogP) is 4.30. The van der Waals surface area contributed by atoms with Gasteiger partial charge in [-0.25, -0.2) is 0 Å². The quantitative estimate of drug-likeness (QED) is 0.612. The van der Waals surface area contributed by atoms with E-state index in [4.69, 9.17) is 20.0 Å². The molecule has 9 heteroatoms. The van der Waals surface area contributed by atoms with Crippen molar-refractivity contribution in [1.29, 1.82) is 5.26 Å². The normalized spacial score (nSPS) is 16.5. The molecule has 3 aliphatic heterocycles. The first kappa shape index (κ1) is 31.7.